The van der Waals surface area contributed by atoms with E-state index in [0.717, 1.165) is 13.0 Å². The van der Waals surface area contributed by atoms with Crippen molar-refractivity contribution in [1.82, 2.24) is 9.80 Å². The molecule has 0 aromatic heterocycles. The van der Waals surface area contributed by atoms with Crippen LogP contribution in [0.25, 0.3) is 0 Å². The third-order valence-corrected chi connectivity index (χ3v) is 3.70. The van der Waals surface area contributed by atoms with Gasteiger partial charge in [0.15, 0.2) is 0 Å². The molecule has 108 valence electrons. The average Bonchev–Trinajstić information content (AvgIpc) is 2.37. The molecule has 0 saturated carbocycles. The molecule has 5 nitrogen and oxygen atoms in total. The maximum absolute atomic E-state index is 11.9. The maximum atomic E-state index is 11.9. The summed E-state index contributed by atoms with van der Waals surface area (Å²) in [5.41, 5.74) is 0. The van der Waals surface area contributed by atoms with Crippen LogP contribution in [0, 0.1) is 29.1 Å². The monoisotopic (exact) mass is 267 g/mol. The van der Waals surface area contributed by atoms with E-state index in [1.54, 1.807) is 4.90 Å². The van der Waals surface area contributed by atoms with Crippen molar-refractivity contribution >= 4 is 6.09 Å². The molecule has 0 aromatic carbocycles. The minimum atomic E-state index is -0.246. The zero-order valence-electron chi connectivity index (χ0n) is 12.4. The fraction of sp³-hybridized carbons (Fsp3) is 0.857. The molecule has 1 fully saturated rings. The third kappa shape index (κ3) is 4.71. The number of carbonyl (C=O) groups is 1. The second-order valence-corrected chi connectivity index (χ2v) is 5.80. The zero-order chi connectivity index (χ0) is 14.4. The second kappa shape index (κ2) is 7.34. The fourth-order valence-electron chi connectivity index (χ4n) is 2.39. The molecule has 1 aliphatic rings. The molecule has 0 aliphatic carbocycles. The molecule has 0 bridgehead atoms. The molecule has 0 aromatic rings. The van der Waals surface area contributed by atoms with Crippen molar-refractivity contribution in [2.24, 2.45) is 17.8 Å². The number of likely N-dealkylation sites (tertiary alicyclic amines) is 1. The van der Waals surface area contributed by atoms with Crippen molar-refractivity contribution in [3.63, 3.8) is 0 Å². The lowest BCUT2D eigenvalue weighted by atomic mass is 9.79. The summed E-state index contributed by atoms with van der Waals surface area (Å²) in [6.07, 6.45) is 0.506. The Balaban J connectivity index is 2.47. The number of piperidine rings is 1. The number of hydrogen-bond acceptors (Lipinski definition) is 4. The Kier molecular flexibility index (Phi) is 6.10. The topological polar surface area (TPSA) is 56.6 Å². The van der Waals surface area contributed by atoms with E-state index in [9.17, 15) is 4.79 Å². The molecule has 5 heteroatoms. The van der Waals surface area contributed by atoms with Crippen molar-refractivity contribution in [3.8, 4) is 6.07 Å². The van der Waals surface area contributed by atoms with Crippen molar-refractivity contribution in [2.75, 3.05) is 40.3 Å². The lowest BCUT2D eigenvalue weighted by Crippen LogP contribution is -2.45. The first kappa shape index (κ1) is 15.8. The summed E-state index contributed by atoms with van der Waals surface area (Å²) in [6.45, 7) is 6.62. The Morgan fingerprint density at radius 3 is 2.74 bits per heavy atom. The highest BCUT2D eigenvalue weighted by atomic mass is 16.6. The van der Waals surface area contributed by atoms with Crippen LogP contribution < -0.4 is 0 Å². The van der Waals surface area contributed by atoms with Crippen LogP contribution in [-0.2, 0) is 4.74 Å². The van der Waals surface area contributed by atoms with Gasteiger partial charge in [0, 0.05) is 19.6 Å². The summed E-state index contributed by atoms with van der Waals surface area (Å²) >= 11 is 0. The maximum Gasteiger partial charge on any atom is 0.409 e. The third-order valence-electron chi connectivity index (χ3n) is 3.70. The van der Waals surface area contributed by atoms with Crippen LogP contribution >= 0.6 is 0 Å². The van der Waals surface area contributed by atoms with E-state index < -0.39 is 0 Å². The Morgan fingerprint density at radius 1 is 1.53 bits per heavy atom. The number of carbonyl (C=O) groups excluding carboxylic acids is 1. The van der Waals surface area contributed by atoms with E-state index >= 15 is 0 Å². The molecular formula is C14H25N3O2. The van der Waals surface area contributed by atoms with Gasteiger partial charge in [0.25, 0.3) is 0 Å². The molecule has 0 N–H and O–H groups in total. The average molecular weight is 267 g/mol. The molecule has 2 unspecified atom stereocenters. The van der Waals surface area contributed by atoms with Crippen LogP contribution in [0.4, 0.5) is 4.79 Å². The second-order valence-electron chi connectivity index (χ2n) is 5.80. The minimum absolute atomic E-state index is 0.0609. The van der Waals surface area contributed by atoms with Crippen LogP contribution in [0.1, 0.15) is 20.3 Å². The first-order valence-corrected chi connectivity index (χ1v) is 6.91. The minimum Gasteiger partial charge on any atom is -0.448 e. The van der Waals surface area contributed by atoms with Crippen LogP contribution in [0.2, 0.25) is 0 Å². The molecular weight excluding hydrogens is 242 g/mol. The van der Waals surface area contributed by atoms with Crippen molar-refractivity contribution in [2.45, 2.75) is 20.3 Å². The molecule has 19 heavy (non-hydrogen) atoms. The highest BCUT2D eigenvalue weighted by molar-refractivity contribution is 5.67. The normalized spacial score (nSPS) is 23.5. The lowest BCUT2D eigenvalue weighted by Gasteiger charge is -2.37. The van der Waals surface area contributed by atoms with Gasteiger partial charge in [0.05, 0.1) is 12.0 Å². The molecule has 1 amide bonds. The zero-order valence-corrected chi connectivity index (χ0v) is 12.4. The van der Waals surface area contributed by atoms with Gasteiger partial charge in [-0.1, -0.05) is 13.8 Å². The van der Waals surface area contributed by atoms with E-state index in [0.29, 0.717) is 25.6 Å². The number of rotatable bonds is 4. The van der Waals surface area contributed by atoms with Crippen molar-refractivity contribution in [3.05, 3.63) is 0 Å². The van der Waals surface area contributed by atoms with Gasteiger partial charge in [-0.3, -0.25) is 0 Å². The highest BCUT2D eigenvalue weighted by Gasteiger charge is 2.33. The molecule has 0 spiro atoms. The van der Waals surface area contributed by atoms with E-state index in [-0.39, 0.29) is 17.9 Å². The standard InChI is InChI=1S/C14H25N3O2/c1-11(2)13-10-17(6-5-12(13)9-15)14(18)19-8-7-16(3)4/h11-13H,5-8,10H2,1-4H3. The number of likely N-dealkylation sites (N-methyl/N-ethyl adjacent to an activating group) is 1. The van der Waals surface area contributed by atoms with E-state index in [4.69, 9.17) is 10.00 Å². The van der Waals surface area contributed by atoms with Gasteiger partial charge in [-0.15, -0.1) is 0 Å². The first-order valence-electron chi connectivity index (χ1n) is 6.91. The van der Waals surface area contributed by atoms with Gasteiger partial charge in [-0.2, -0.15) is 5.26 Å². The molecule has 1 rings (SSSR count). The number of nitriles is 1. The number of nitrogens with zero attached hydrogens (tertiary/aromatic N) is 3. The van der Waals surface area contributed by atoms with Gasteiger partial charge in [0.2, 0.25) is 0 Å². The summed E-state index contributed by atoms with van der Waals surface area (Å²) in [4.78, 5) is 15.7. The summed E-state index contributed by atoms with van der Waals surface area (Å²) in [5, 5.41) is 9.15. The van der Waals surface area contributed by atoms with Gasteiger partial charge in [-0.05, 0) is 32.4 Å². The molecule has 1 saturated heterocycles. The number of hydrogen-bond donors (Lipinski definition) is 0. The molecule has 1 heterocycles. The Morgan fingerprint density at radius 2 is 2.21 bits per heavy atom. The van der Waals surface area contributed by atoms with Gasteiger partial charge in [-0.25, -0.2) is 4.79 Å². The SMILES string of the molecule is CC(C)C1CN(C(=O)OCCN(C)C)CCC1C#N. The van der Waals surface area contributed by atoms with Gasteiger partial charge in [0.1, 0.15) is 6.61 Å². The van der Waals surface area contributed by atoms with E-state index in [2.05, 4.69) is 19.9 Å². The Hall–Kier alpha value is -1.28. The van der Waals surface area contributed by atoms with Gasteiger partial charge < -0.3 is 14.5 Å². The Bertz CT molecular complexity index is 336. The quantitative estimate of drug-likeness (QED) is 0.779. The summed E-state index contributed by atoms with van der Waals surface area (Å²) in [5.74, 6) is 0.716. The van der Waals surface area contributed by atoms with Crippen LogP contribution in [0.5, 0.6) is 0 Å². The highest BCUT2D eigenvalue weighted by Crippen LogP contribution is 2.29. The Labute approximate surface area is 116 Å². The fourth-order valence-corrected chi connectivity index (χ4v) is 2.39. The number of amides is 1. The summed E-state index contributed by atoms with van der Waals surface area (Å²) in [6, 6.07) is 2.37. The largest absolute Gasteiger partial charge is 0.448 e. The van der Waals surface area contributed by atoms with Crippen LogP contribution in [-0.4, -0.2) is 56.2 Å². The predicted molar refractivity (Wildman–Crippen MR) is 73.5 cm³/mol. The lowest BCUT2D eigenvalue weighted by molar-refractivity contribution is 0.0637. The van der Waals surface area contributed by atoms with Crippen molar-refractivity contribution in [1.29, 1.82) is 5.26 Å². The van der Waals surface area contributed by atoms with Crippen LogP contribution in [0.3, 0.4) is 0 Å². The van der Waals surface area contributed by atoms with Gasteiger partial charge >= 0.3 is 6.09 Å². The first-order chi connectivity index (χ1) is 8.95. The summed E-state index contributed by atoms with van der Waals surface area (Å²) < 4.78 is 5.25. The molecule has 2 atom stereocenters. The smallest absolute Gasteiger partial charge is 0.409 e. The van der Waals surface area contributed by atoms with Crippen molar-refractivity contribution < 1.29 is 9.53 Å². The number of ether oxygens (including phenoxy) is 1. The predicted octanol–water partition coefficient (Wildman–Crippen LogP) is 1.80. The van der Waals surface area contributed by atoms with E-state index in [1.807, 2.05) is 19.0 Å². The van der Waals surface area contributed by atoms with E-state index in [1.165, 1.54) is 0 Å². The summed E-state index contributed by atoms with van der Waals surface area (Å²) in [7, 11) is 3.89. The van der Waals surface area contributed by atoms with Crippen LogP contribution in [0.15, 0.2) is 0 Å². The molecule has 1 aliphatic heterocycles. The molecule has 0 radical (unpaired) electrons.